The third kappa shape index (κ3) is 8.99. The summed E-state index contributed by atoms with van der Waals surface area (Å²) in [6.07, 6.45) is 3.42. The normalized spacial score (nSPS) is 21.2. The van der Waals surface area contributed by atoms with E-state index in [0.29, 0.717) is 23.4 Å². The molecule has 43 heavy (non-hydrogen) atoms. The van der Waals surface area contributed by atoms with Crippen molar-refractivity contribution in [3.05, 3.63) is 29.3 Å². The van der Waals surface area contributed by atoms with Gasteiger partial charge in [-0.05, 0) is 77.6 Å². The van der Waals surface area contributed by atoms with Gasteiger partial charge in [-0.15, -0.1) is 0 Å². The van der Waals surface area contributed by atoms with Gasteiger partial charge in [-0.2, -0.15) is 0 Å². The second-order valence-corrected chi connectivity index (χ2v) is 12.7. The molecule has 2 atom stereocenters. The highest BCUT2D eigenvalue weighted by Crippen LogP contribution is 2.32. The number of carbonyl (C=O) groups excluding carboxylic acids is 5. The van der Waals surface area contributed by atoms with Gasteiger partial charge in [0.25, 0.3) is 5.91 Å². The highest BCUT2D eigenvalue weighted by molar-refractivity contribution is 6.07. The number of amides is 5. The average molecular weight is 600 g/mol. The van der Waals surface area contributed by atoms with Crippen LogP contribution < -0.4 is 10.6 Å². The van der Waals surface area contributed by atoms with Crippen LogP contribution in [0.15, 0.2) is 18.2 Å². The molecule has 0 bridgehead atoms. The minimum Gasteiger partial charge on any atom is -0.444 e. The molecular weight excluding hydrogens is 554 g/mol. The number of imide groups is 1. The Kier molecular flexibility index (Phi) is 10.8. The van der Waals surface area contributed by atoms with Gasteiger partial charge in [0.15, 0.2) is 0 Å². The Labute approximate surface area is 253 Å². The monoisotopic (exact) mass is 599 g/mol. The van der Waals surface area contributed by atoms with Crippen molar-refractivity contribution in [1.82, 2.24) is 20.0 Å². The number of fused-ring (bicyclic) bond motifs is 1. The predicted molar refractivity (Wildman–Crippen MR) is 159 cm³/mol. The summed E-state index contributed by atoms with van der Waals surface area (Å²) in [6.45, 7) is 11.4. The van der Waals surface area contributed by atoms with Crippen LogP contribution in [0.1, 0.15) is 75.7 Å². The van der Waals surface area contributed by atoms with Crippen molar-refractivity contribution in [3.8, 4) is 0 Å². The molecule has 2 unspecified atom stereocenters. The molecule has 2 N–H and O–H groups in total. The third-order valence-corrected chi connectivity index (χ3v) is 8.01. The SMILES string of the molecule is CC1CCCN(CCOCCN(CC(=O)Nc2cccc3c2CN(C2CCC(=O)NC2=O)C3=O)C(=O)OC(C)(C)C)CC1. The Morgan fingerprint density at radius 1 is 1.09 bits per heavy atom. The molecule has 0 radical (unpaired) electrons. The van der Waals surface area contributed by atoms with Gasteiger partial charge in [0, 0.05) is 42.9 Å². The number of nitrogens with zero attached hydrogens (tertiary/aromatic N) is 3. The second kappa shape index (κ2) is 14.3. The Balaban J connectivity index is 1.34. The van der Waals surface area contributed by atoms with Crippen molar-refractivity contribution in [2.45, 2.75) is 78.0 Å². The first-order valence-electron chi connectivity index (χ1n) is 15.3. The van der Waals surface area contributed by atoms with Crippen LogP contribution in [0.2, 0.25) is 0 Å². The number of piperidine rings is 1. The number of hydrogen-bond donors (Lipinski definition) is 2. The molecule has 4 rings (SSSR count). The maximum Gasteiger partial charge on any atom is 0.410 e. The van der Waals surface area contributed by atoms with Crippen LogP contribution >= 0.6 is 0 Å². The fourth-order valence-corrected chi connectivity index (χ4v) is 5.64. The van der Waals surface area contributed by atoms with Gasteiger partial charge in [-0.3, -0.25) is 29.4 Å². The van der Waals surface area contributed by atoms with Crippen molar-refractivity contribution >= 4 is 35.4 Å². The van der Waals surface area contributed by atoms with E-state index in [0.717, 1.165) is 25.6 Å². The van der Waals surface area contributed by atoms with Crippen molar-refractivity contribution in [3.63, 3.8) is 0 Å². The van der Waals surface area contributed by atoms with Crippen LogP contribution in [0.4, 0.5) is 10.5 Å². The standard InChI is InChI=1S/C31H45N5O7/c1-21-7-6-13-34(14-12-21)15-17-42-18-16-35(30(41)43-31(2,3)4)20-27(38)32-24-9-5-8-22-23(24)19-36(29(22)40)25-10-11-26(37)33-28(25)39/h5,8-9,21,25H,6-7,10-20H2,1-4H3,(H,32,38)(H,33,37,39). The van der Waals surface area contributed by atoms with Gasteiger partial charge < -0.3 is 24.6 Å². The summed E-state index contributed by atoms with van der Waals surface area (Å²) in [5.74, 6) is -0.890. The molecule has 0 spiro atoms. The maximum atomic E-state index is 13.2. The summed E-state index contributed by atoms with van der Waals surface area (Å²) in [4.78, 5) is 68.4. The molecule has 2 fully saturated rings. The first-order valence-corrected chi connectivity index (χ1v) is 15.3. The number of carbonyl (C=O) groups is 5. The molecule has 12 heteroatoms. The van der Waals surface area contributed by atoms with Crippen molar-refractivity contribution in [1.29, 1.82) is 0 Å². The van der Waals surface area contributed by atoms with Gasteiger partial charge in [-0.25, -0.2) is 4.79 Å². The number of anilines is 1. The smallest absolute Gasteiger partial charge is 0.410 e. The zero-order valence-electron chi connectivity index (χ0n) is 25.8. The van der Waals surface area contributed by atoms with Crippen LogP contribution in [-0.2, 0) is 30.4 Å². The van der Waals surface area contributed by atoms with E-state index in [-0.39, 0.29) is 50.9 Å². The molecule has 3 heterocycles. The summed E-state index contributed by atoms with van der Waals surface area (Å²) in [5, 5.41) is 5.13. The second-order valence-electron chi connectivity index (χ2n) is 12.7. The lowest BCUT2D eigenvalue weighted by molar-refractivity contribution is -0.137. The van der Waals surface area contributed by atoms with E-state index < -0.39 is 29.6 Å². The first kappa shape index (κ1) is 32.4. The van der Waals surface area contributed by atoms with Crippen LogP contribution in [-0.4, -0.2) is 102 Å². The zero-order valence-corrected chi connectivity index (χ0v) is 25.8. The van der Waals surface area contributed by atoms with Gasteiger partial charge in [-0.1, -0.05) is 13.0 Å². The number of nitrogens with one attached hydrogen (secondary N) is 2. The van der Waals surface area contributed by atoms with Crippen LogP contribution in [0, 0.1) is 5.92 Å². The van der Waals surface area contributed by atoms with E-state index in [2.05, 4.69) is 22.5 Å². The zero-order chi connectivity index (χ0) is 31.1. The van der Waals surface area contributed by atoms with Gasteiger partial charge >= 0.3 is 6.09 Å². The number of likely N-dealkylation sites (tertiary alicyclic amines) is 1. The van der Waals surface area contributed by atoms with Gasteiger partial charge in [0.1, 0.15) is 18.2 Å². The summed E-state index contributed by atoms with van der Waals surface area (Å²) in [6, 6.07) is 4.23. The Morgan fingerprint density at radius 3 is 2.63 bits per heavy atom. The van der Waals surface area contributed by atoms with Crippen molar-refractivity contribution in [2.75, 3.05) is 51.3 Å². The van der Waals surface area contributed by atoms with Crippen LogP contribution in [0.25, 0.3) is 0 Å². The predicted octanol–water partition coefficient (Wildman–Crippen LogP) is 2.76. The van der Waals surface area contributed by atoms with E-state index in [9.17, 15) is 24.0 Å². The van der Waals surface area contributed by atoms with Gasteiger partial charge in [0.05, 0.1) is 13.2 Å². The van der Waals surface area contributed by atoms with E-state index in [1.165, 1.54) is 29.1 Å². The van der Waals surface area contributed by atoms with E-state index >= 15 is 0 Å². The average Bonchev–Trinajstić information content (AvgIpc) is 3.11. The lowest BCUT2D eigenvalue weighted by Crippen LogP contribution is -2.52. The van der Waals surface area contributed by atoms with E-state index in [1.807, 2.05) is 0 Å². The first-order chi connectivity index (χ1) is 20.4. The fourth-order valence-electron chi connectivity index (χ4n) is 5.64. The number of benzene rings is 1. The van der Waals surface area contributed by atoms with Crippen molar-refractivity contribution in [2.24, 2.45) is 5.92 Å². The number of rotatable bonds is 10. The lowest BCUT2D eigenvalue weighted by atomic mass is 10.0. The number of hydrogen-bond acceptors (Lipinski definition) is 8. The molecule has 5 amide bonds. The molecule has 1 aromatic carbocycles. The molecule has 3 aliphatic rings. The summed E-state index contributed by atoms with van der Waals surface area (Å²) >= 11 is 0. The molecular formula is C31H45N5O7. The quantitative estimate of drug-likeness (QED) is 0.309. The molecule has 0 aromatic heterocycles. The Morgan fingerprint density at radius 2 is 1.88 bits per heavy atom. The van der Waals surface area contributed by atoms with Crippen LogP contribution in [0.3, 0.4) is 0 Å². The third-order valence-electron chi connectivity index (χ3n) is 8.01. The Hall–Kier alpha value is -3.51. The van der Waals surface area contributed by atoms with Gasteiger partial charge in [0.2, 0.25) is 17.7 Å². The largest absolute Gasteiger partial charge is 0.444 e. The molecule has 1 aromatic rings. The molecule has 12 nitrogen and oxygen atoms in total. The summed E-state index contributed by atoms with van der Waals surface area (Å²) in [5.41, 5.74) is 0.661. The topological polar surface area (TPSA) is 138 Å². The van der Waals surface area contributed by atoms with E-state index in [4.69, 9.17) is 9.47 Å². The Bertz CT molecular complexity index is 1210. The molecule has 2 saturated heterocycles. The molecule has 3 aliphatic heterocycles. The number of ether oxygens (including phenoxy) is 2. The van der Waals surface area contributed by atoms with E-state index in [1.54, 1.807) is 39.0 Å². The van der Waals surface area contributed by atoms with Crippen molar-refractivity contribution < 1.29 is 33.4 Å². The maximum absolute atomic E-state index is 13.2. The fraction of sp³-hybridized carbons (Fsp3) is 0.645. The van der Waals surface area contributed by atoms with Crippen LogP contribution in [0.5, 0.6) is 0 Å². The highest BCUT2D eigenvalue weighted by Gasteiger charge is 2.40. The summed E-state index contributed by atoms with van der Waals surface area (Å²) < 4.78 is 11.4. The minimum atomic E-state index is -0.758. The molecule has 0 saturated carbocycles. The minimum absolute atomic E-state index is 0.121. The summed E-state index contributed by atoms with van der Waals surface area (Å²) in [7, 11) is 0. The molecule has 0 aliphatic carbocycles. The lowest BCUT2D eigenvalue weighted by Gasteiger charge is -2.29. The highest BCUT2D eigenvalue weighted by atomic mass is 16.6. The molecule has 236 valence electrons.